The van der Waals surface area contributed by atoms with Crippen molar-refractivity contribution in [1.82, 2.24) is 14.4 Å². The van der Waals surface area contributed by atoms with Gasteiger partial charge in [0.25, 0.3) is 0 Å². The maximum absolute atomic E-state index is 6.19. The summed E-state index contributed by atoms with van der Waals surface area (Å²) in [6, 6.07) is 10.4. The van der Waals surface area contributed by atoms with Gasteiger partial charge < -0.3 is 5.32 Å². The molecular weight excluding hydrogens is 296 g/mol. The molecule has 5 heteroatoms. The van der Waals surface area contributed by atoms with Crippen LogP contribution in [0.2, 0.25) is 5.15 Å². The van der Waals surface area contributed by atoms with Gasteiger partial charge in [-0.2, -0.15) is 0 Å². The van der Waals surface area contributed by atoms with Gasteiger partial charge in [0.2, 0.25) is 0 Å². The minimum atomic E-state index is 0.121. The molecule has 0 aliphatic heterocycles. The molecule has 3 rings (SSSR count). The Balaban J connectivity index is 2.00. The van der Waals surface area contributed by atoms with Crippen molar-refractivity contribution >= 4 is 23.1 Å². The lowest BCUT2D eigenvalue weighted by Gasteiger charge is -2.16. The van der Waals surface area contributed by atoms with Crippen molar-refractivity contribution in [3.05, 3.63) is 59.1 Å². The Labute approximate surface area is 135 Å². The summed E-state index contributed by atoms with van der Waals surface area (Å²) in [6.45, 7) is 6.37. The van der Waals surface area contributed by atoms with Gasteiger partial charge in [-0.15, -0.1) is 0 Å². The van der Waals surface area contributed by atoms with Crippen LogP contribution in [-0.2, 0) is 0 Å². The fraction of sp³-hybridized carbons (Fsp3) is 0.294. The standard InChI is InChI=1S/C17H19ClN4/c1-11(2)14-9-19-17-16(21-15(18)10-22(14)17)20-12(3)13-7-5-4-6-8-13/h4-12H,1-3H3,(H,20,21). The second-order valence-electron chi connectivity index (χ2n) is 5.72. The number of nitrogens with one attached hydrogen (secondary N) is 1. The molecule has 1 unspecified atom stereocenters. The van der Waals surface area contributed by atoms with Crippen molar-refractivity contribution in [2.75, 3.05) is 5.32 Å². The molecule has 3 aromatic rings. The number of imidazole rings is 1. The lowest BCUT2D eigenvalue weighted by Crippen LogP contribution is -2.10. The van der Waals surface area contributed by atoms with E-state index in [0.717, 1.165) is 11.3 Å². The van der Waals surface area contributed by atoms with Crippen molar-refractivity contribution in [1.29, 1.82) is 0 Å². The number of nitrogens with zero attached hydrogens (tertiary/aromatic N) is 3. The van der Waals surface area contributed by atoms with Gasteiger partial charge in [0.05, 0.1) is 6.04 Å². The summed E-state index contributed by atoms with van der Waals surface area (Å²) in [5.74, 6) is 1.07. The molecule has 0 fully saturated rings. The average molecular weight is 315 g/mol. The van der Waals surface area contributed by atoms with Crippen molar-refractivity contribution in [3.63, 3.8) is 0 Å². The van der Waals surface area contributed by atoms with E-state index in [1.54, 1.807) is 0 Å². The molecule has 1 N–H and O–H groups in total. The van der Waals surface area contributed by atoms with Crippen LogP contribution in [0.15, 0.2) is 42.7 Å². The highest BCUT2D eigenvalue weighted by Crippen LogP contribution is 2.25. The number of benzene rings is 1. The van der Waals surface area contributed by atoms with Crippen LogP contribution in [0.1, 0.15) is 44.0 Å². The van der Waals surface area contributed by atoms with Gasteiger partial charge in [0.1, 0.15) is 5.15 Å². The van der Waals surface area contributed by atoms with E-state index in [1.807, 2.05) is 35.0 Å². The Kier molecular flexibility index (Phi) is 4.03. The smallest absolute Gasteiger partial charge is 0.180 e. The highest BCUT2D eigenvalue weighted by molar-refractivity contribution is 6.29. The lowest BCUT2D eigenvalue weighted by atomic mass is 10.1. The molecule has 0 aliphatic rings. The molecule has 0 spiro atoms. The summed E-state index contributed by atoms with van der Waals surface area (Å²) in [5.41, 5.74) is 3.11. The van der Waals surface area contributed by atoms with E-state index in [4.69, 9.17) is 11.6 Å². The zero-order valence-electron chi connectivity index (χ0n) is 12.9. The van der Waals surface area contributed by atoms with E-state index >= 15 is 0 Å². The molecule has 22 heavy (non-hydrogen) atoms. The van der Waals surface area contributed by atoms with Gasteiger partial charge in [-0.05, 0) is 18.4 Å². The Hall–Kier alpha value is -2.07. The Bertz CT molecular complexity index is 780. The summed E-state index contributed by atoms with van der Waals surface area (Å²) in [7, 11) is 0. The highest BCUT2D eigenvalue weighted by atomic mass is 35.5. The number of hydrogen-bond acceptors (Lipinski definition) is 3. The molecule has 114 valence electrons. The maximum atomic E-state index is 6.19. The lowest BCUT2D eigenvalue weighted by molar-refractivity contribution is 0.805. The van der Waals surface area contributed by atoms with Crippen molar-refractivity contribution in [2.45, 2.75) is 32.7 Å². The van der Waals surface area contributed by atoms with Crippen LogP contribution in [0.4, 0.5) is 5.82 Å². The minimum Gasteiger partial charge on any atom is -0.360 e. The molecule has 0 aliphatic carbocycles. The number of halogens is 1. The summed E-state index contributed by atoms with van der Waals surface area (Å²) in [4.78, 5) is 8.92. The first-order valence-corrected chi connectivity index (χ1v) is 7.79. The third kappa shape index (κ3) is 2.79. The molecule has 0 bridgehead atoms. The molecule has 4 nitrogen and oxygen atoms in total. The third-order valence-corrected chi connectivity index (χ3v) is 3.92. The van der Waals surface area contributed by atoms with Gasteiger partial charge in [-0.1, -0.05) is 55.8 Å². The maximum Gasteiger partial charge on any atom is 0.180 e. The largest absolute Gasteiger partial charge is 0.360 e. The Morgan fingerprint density at radius 3 is 2.55 bits per heavy atom. The van der Waals surface area contributed by atoms with Crippen molar-refractivity contribution < 1.29 is 0 Å². The quantitative estimate of drug-likeness (QED) is 0.760. The van der Waals surface area contributed by atoms with Crippen molar-refractivity contribution in [3.8, 4) is 0 Å². The third-order valence-electron chi connectivity index (χ3n) is 3.74. The summed E-state index contributed by atoms with van der Waals surface area (Å²) in [6.07, 6.45) is 3.70. The number of rotatable bonds is 4. The molecule has 0 saturated carbocycles. The van der Waals surface area contributed by atoms with Crippen LogP contribution in [0.5, 0.6) is 0 Å². The topological polar surface area (TPSA) is 42.2 Å². The average Bonchev–Trinajstić information content (AvgIpc) is 2.92. The molecule has 1 aromatic carbocycles. The van der Waals surface area contributed by atoms with Crippen LogP contribution in [0.25, 0.3) is 5.65 Å². The van der Waals surface area contributed by atoms with Gasteiger partial charge >= 0.3 is 0 Å². The first-order chi connectivity index (χ1) is 10.6. The van der Waals surface area contributed by atoms with E-state index in [-0.39, 0.29) is 6.04 Å². The fourth-order valence-corrected chi connectivity index (χ4v) is 2.71. The number of fused-ring (bicyclic) bond motifs is 1. The van der Waals surface area contributed by atoms with Crippen LogP contribution < -0.4 is 5.32 Å². The molecule has 0 radical (unpaired) electrons. The first-order valence-electron chi connectivity index (χ1n) is 7.41. The number of anilines is 1. The predicted molar refractivity (Wildman–Crippen MR) is 90.6 cm³/mol. The fourth-order valence-electron chi connectivity index (χ4n) is 2.53. The zero-order chi connectivity index (χ0) is 15.7. The summed E-state index contributed by atoms with van der Waals surface area (Å²) >= 11 is 6.19. The second-order valence-corrected chi connectivity index (χ2v) is 6.11. The number of hydrogen-bond donors (Lipinski definition) is 1. The van der Waals surface area contributed by atoms with Crippen LogP contribution in [0, 0.1) is 0 Å². The van der Waals surface area contributed by atoms with Gasteiger partial charge in [0, 0.05) is 18.1 Å². The molecular formula is C17H19ClN4. The molecule has 0 saturated heterocycles. The molecule has 1 atom stereocenters. The second kappa shape index (κ2) is 5.97. The van der Waals surface area contributed by atoms with E-state index < -0.39 is 0 Å². The monoisotopic (exact) mass is 314 g/mol. The molecule has 2 aromatic heterocycles. The highest BCUT2D eigenvalue weighted by Gasteiger charge is 2.15. The van der Waals surface area contributed by atoms with Crippen LogP contribution in [0.3, 0.4) is 0 Å². The molecule has 0 amide bonds. The van der Waals surface area contributed by atoms with Gasteiger partial charge in [-0.25, -0.2) is 9.97 Å². The van der Waals surface area contributed by atoms with E-state index in [9.17, 15) is 0 Å². The summed E-state index contributed by atoms with van der Waals surface area (Å²) < 4.78 is 2.01. The number of aromatic nitrogens is 3. The van der Waals surface area contributed by atoms with E-state index in [2.05, 4.69) is 48.2 Å². The summed E-state index contributed by atoms with van der Waals surface area (Å²) in [5, 5.41) is 3.87. The zero-order valence-corrected chi connectivity index (χ0v) is 13.7. The van der Waals surface area contributed by atoms with Gasteiger partial charge in [-0.3, -0.25) is 4.40 Å². The van der Waals surface area contributed by atoms with E-state index in [1.165, 1.54) is 5.56 Å². The minimum absolute atomic E-state index is 0.121. The van der Waals surface area contributed by atoms with Gasteiger partial charge in [0.15, 0.2) is 11.5 Å². The van der Waals surface area contributed by atoms with Crippen LogP contribution >= 0.6 is 11.6 Å². The normalized spacial score (nSPS) is 12.8. The molecule has 2 heterocycles. The Morgan fingerprint density at radius 1 is 1.14 bits per heavy atom. The van der Waals surface area contributed by atoms with Crippen molar-refractivity contribution in [2.24, 2.45) is 0 Å². The SMILES string of the molecule is CC(C)c1cnc2c(NC(C)c3ccccc3)nc(Cl)cn12. The van der Waals surface area contributed by atoms with Crippen LogP contribution in [-0.4, -0.2) is 14.4 Å². The Morgan fingerprint density at radius 2 is 1.86 bits per heavy atom. The first kappa shape index (κ1) is 14.9. The van der Waals surface area contributed by atoms with E-state index in [0.29, 0.717) is 16.9 Å². The predicted octanol–water partition coefficient (Wildman–Crippen LogP) is 4.68.